The van der Waals surface area contributed by atoms with Gasteiger partial charge >= 0.3 is 0 Å². The van der Waals surface area contributed by atoms with E-state index in [0.717, 1.165) is 26.9 Å². The molecule has 0 fully saturated rings. The topological polar surface area (TPSA) is 42.3 Å². The number of hydrogen-bond acceptors (Lipinski definition) is 3. The molecule has 0 spiro atoms. The molecule has 1 aliphatic rings. The van der Waals surface area contributed by atoms with Crippen molar-refractivity contribution in [2.75, 3.05) is 0 Å². The van der Waals surface area contributed by atoms with Gasteiger partial charge in [-0.1, -0.05) is 35.8 Å². The van der Waals surface area contributed by atoms with E-state index in [2.05, 4.69) is 20.9 Å². The summed E-state index contributed by atoms with van der Waals surface area (Å²) in [6.45, 7) is 4.08. The van der Waals surface area contributed by atoms with Crippen LogP contribution in [0.1, 0.15) is 30.5 Å². The number of carbonyl (C=O) groups excluding carboxylic acids is 1. The predicted molar refractivity (Wildman–Crippen MR) is 91.4 cm³/mol. The number of hydrogen-bond donors (Lipinski definition) is 0. The van der Waals surface area contributed by atoms with E-state index >= 15 is 0 Å². The summed E-state index contributed by atoms with van der Waals surface area (Å²) in [5.41, 5.74) is 3.84. The second-order valence-electron chi connectivity index (χ2n) is 5.85. The first kappa shape index (κ1) is 15.1. The summed E-state index contributed by atoms with van der Waals surface area (Å²) in [5, 5.41) is 0. The van der Waals surface area contributed by atoms with E-state index in [1.54, 1.807) is 12.4 Å². The number of rotatable bonds is 2. The molecule has 2 aromatic rings. The summed E-state index contributed by atoms with van der Waals surface area (Å²) >= 11 is 3.52. The van der Waals surface area contributed by atoms with Crippen molar-refractivity contribution < 1.29 is 4.79 Å². The van der Waals surface area contributed by atoms with E-state index in [9.17, 15) is 4.79 Å². The number of carbonyl (C=O) groups is 1. The lowest BCUT2D eigenvalue weighted by Crippen LogP contribution is -2.25. The molecule has 1 aromatic carbocycles. The normalized spacial score (nSPS) is 17.9. The zero-order valence-corrected chi connectivity index (χ0v) is 14.2. The maximum atomic E-state index is 12.5. The molecule has 1 aliphatic heterocycles. The van der Waals surface area contributed by atoms with Crippen molar-refractivity contribution in [2.45, 2.75) is 26.3 Å². The second kappa shape index (κ2) is 6.13. The maximum Gasteiger partial charge on any atom is 0.161 e. The lowest BCUT2D eigenvalue weighted by molar-refractivity contribution is -0.120. The minimum Gasteiger partial charge on any atom is -0.297 e. The number of aromatic nitrogens is 1. The van der Waals surface area contributed by atoms with Crippen LogP contribution in [0.25, 0.3) is 0 Å². The lowest BCUT2D eigenvalue weighted by Gasteiger charge is -2.14. The summed E-state index contributed by atoms with van der Waals surface area (Å²) < 4.78 is 0.985. The van der Waals surface area contributed by atoms with Crippen molar-refractivity contribution in [3.63, 3.8) is 0 Å². The molecular formula is C18H17BrN2O. The van der Waals surface area contributed by atoms with Gasteiger partial charge in [0.25, 0.3) is 0 Å². The highest BCUT2D eigenvalue weighted by molar-refractivity contribution is 9.10. The third-order valence-electron chi connectivity index (χ3n) is 3.86. The van der Waals surface area contributed by atoms with Gasteiger partial charge in [-0.3, -0.25) is 14.8 Å². The summed E-state index contributed by atoms with van der Waals surface area (Å²) in [6.07, 6.45) is 3.98. The second-order valence-corrected chi connectivity index (χ2v) is 6.77. The van der Waals surface area contributed by atoms with Gasteiger partial charge in [-0.05, 0) is 35.7 Å². The Labute approximate surface area is 138 Å². The number of ketones is 1. The molecule has 3 rings (SSSR count). The molecule has 0 aliphatic carbocycles. The Kier molecular flexibility index (Phi) is 4.21. The van der Waals surface area contributed by atoms with Gasteiger partial charge in [-0.25, -0.2) is 0 Å². The molecule has 1 atom stereocenters. The van der Waals surface area contributed by atoms with Crippen LogP contribution >= 0.6 is 15.9 Å². The van der Waals surface area contributed by atoms with E-state index in [4.69, 9.17) is 4.99 Å². The molecule has 0 unspecified atom stereocenters. The van der Waals surface area contributed by atoms with Crippen molar-refractivity contribution in [3.05, 3.63) is 63.9 Å². The quantitative estimate of drug-likeness (QED) is 0.820. The van der Waals surface area contributed by atoms with Crippen LogP contribution < -0.4 is 0 Å². The Morgan fingerprint density at radius 3 is 2.77 bits per heavy atom. The summed E-state index contributed by atoms with van der Waals surface area (Å²) in [7, 11) is 0. The van der Waals surface area contributed by atoms with Crippen LogP contribution in [0.2, 0.25) is 0 Å². The molecule has 22 heavy (non-hydrogen) atoms. The standard InChI is InChI=1S/C18H17BrN2O/c1-11(2)17-16(22)8-12-5-6-14(19)9-15(12)18(21-17)13-4-3-7-20-10-13/h3-7,9-11,17H,8H2,1-2H3/t17-/m0/s1. The van der Waals surface area contributed by atoms with Gasteiger partial charge in [0.2, 0.25) is 0 Å². The first-order valence-electron chi connectivity index (χ1n) is 7.36. The van der Waals surface area contributed by atoms with E-state index in [0.29, 0.717) is 6.42 Å². The molecule has 0 saturated heterocycles. The SMILES string of the molecule is CC(C)[C@@H]1N=C(c2cccnc2)c2cc(Br)ccc2CC1=O. The van der Waals surface area contributed by atoms with E-state index in [1.807, 2.05) is 44.2 Å². The van der Waals surface area contributed by atoms with Crippen LogP contribution in [0.4, 0.5) is 0 Å². The first-order chi connectivity index (χ1) is 10.6. The Balaban J connectivity index is 2.23. The number of fused-ring (bicyclic) bond motifs is 1. The van der Waals surface area contributed by atoms with Crippen molar-refractivity contribution >= 4 is 27.4 Å². The van der Waals surface area contributed by atoms with Gasteiger partial charge in [0, 0.05) is 34.4 Å². The van der Waals surface area contributed by atoms with Crippen LogP contribution in [-0.4, -0.2) is 22.5 Å². The zero-order valence-electron chi connectivity index (χ0n) is 12.6. The van der Waals surface area contributed by atoms with Crippen molar-refractivity contribution in [1.29, 1.82) is 0 Å². The van der Waals surface area contributed by atoms with Crippen LogP contribution in [-0.2, 0) is 11.2 Å². The van der Waals surface area contributed by atoms with Crippen LogP contribution in [0, 0.1) is 5.92 Å². The lowest BCUT2D eigenvalue weighted by atomic mass is 9.94. The summed E-state index contributed by atoms with van der Waals surface area (Å²) in [4.78, 5) is 21.6. The third-order valence-corrected chi connectivity index (χ3v) is 4.35. The number of pyridine rings is 1. The fraction of sp³-hybridized carbons (Fsp3) is 0.278. The Morgan fingerprint density at radius 1 is 1.27 bits per heavy atom. The molecule has 0 bridgehead atoms. The minimum atomic E-state index is -0.304. The molecule has 0 saturated carbocycles. The van der Waals surface area contributed by atoms with E-state index in [-0.39, 0.29) is 17.7 Å². The summed E-state index contributed by atoms with van der Waals surface area (Å²) in [5.74, 6) is 0.356. The third kappa shape index (κ3) is 2.88. The highest BCUT2D eigenvalue weighted by atomic mass is 79.9. The molecule has 0 radical (unpaired) electrons. The van der Waals surface area contributed by atoms with Crippen molar-refractivity contribution in [2.24, 2.45) is 10.9 Å². The number of nitrogens with zero attached hydrogens (tertiary/aromatic N) is 2. The van der Waals surface area contributed by atoms with Crippen molar-refractivity contribution in [3.8, 4) is 0 Å². The molecular weight excluding hydrogens is 340 g/mol. The number of aliphatic imine (C=N–C) groups is 1. The highest BCUT2D eigenvalue weighted by Crippen LogP contribution is 2.26. The summed E-state index contributed by atoms with van der Waals surface area (Å²) in [6, 6.07) is 9.60. The highest BCUT2D eigenvalue weighted by Gasteiger charge is 2.28. The zero-order chi connectivity index (χ0) is 15.7. The van der Waals surface area contributed by atoms with Crippen LogP contribution in [0.15, 0.2) is 52.2 Å². The fourth-order valence-electron chi connectivity index (χ4n) is 2.75. The van der Waals surface area contributed by atoms with Crippen LogP contribution in [0.3, 0.4) is 0 Å². The monoisotopic (exact) mass is 356 g/mol. The first-order valence-corrected chi connectivity index (χ1v) is 8.15. The Hall–Kier alpha value is -1.81. The minimum absolute atomic E-state index is 0.178. The number of halogens is 1. The van der Waals surface area contributed by atoms with Gasteiger partial charge in [-0.2, -0.15) is 0 Å². The number of benzene rings is 1. The molecule has 112 valence electrons. The number of Topliss-reactive ketones (excluding diaryl/α,β-unsaturated/α-hetero) is 1. The van der Waals surface area contributed by atoms with Crippen LogP contribution in [0.5, 0.6) is 0 Å². The average molecular weight is 357 g/mol. The average Bonchev–Trinajstić information content (AvgIpc) is 2.64. The van der Waals surface area contributed by atoms with Crippen molar-refractivity contribution in [1.82, 2.24) is 4.98 Å². The van der Waals surface area contributed by atoms with E-state index < -0.39 is 0 Å². The molecule has 2 heterocycles. The Morgan fingerprint density at radius 2 is 2.09 bits per heavy atom. The maximum absolute atomic E-state index is 12.5. The molecule has 4 heteroatoms. The molecule has 0 N–H and O–H groups in total. The Bertz CT molecular complexity index is 738. The van der Waals surface area contributed by atoms with E-state index in [1.165, 1.54) is 0 Å². The van der Waals surface area contributed by atoms with Gasteiger partial charge in [-0.15, -0.1) is 0 Å². The van der Waals surface area contributed by atoms with Gasteiger partial charge in [0.15, 0.2) is 5.78 Å². The van der Waals surface area contributed by atoms with Gasteiger partial charge in [0.05, 0.1) is 5.71 Å². The molecule has 1 aromatic heterocycles. The van der Waals surface area contributed by atoms with Gasteiger partial charge in [0.1, 0.15) is 6.04 Å². The predicted octanol–water partition coefficient (Wildman–Crippen LogP) is 3.83. The van der Waals surface area contributed by atoms with Gasteiger partial charge < -0.3 is 0 Å². The smallest absolute Gasteiger partial charge is 0.161 e. The largest absolute Gasteiger partial charge is 0.297 e. The molecule has 0 amide bonds. The fourth-order valence-corrected chi connectivity index (χ4v) is 3.11. The molecule has 3 nitrogen and oxygen atoms in total.